The molecule has 3 rings (SSSR count). The molecule has 0 saturated carbocycles. The molecule has 1 N–H and O–H groups in total. The fourth-order valence-corrected chi connectivity index (χ4v) is 3.24. The van der Waals surface area contributed by atoms with Crippen molar-refractivity contribution in [3.05, 3.63) is 24.3 Å². The van der Waals surface area contributed by atoms with Crippen molar-refractivity contribution in [2.45, 2.75) is 38.0 Å². The number of benzene rings is 1. The summed E-state index contributed by atoms with van der Waals surface area (Å²) < 4.78 is 29.3. The van der Waals surface area contributed by atoms with E-state index in [1.807, 2.05) is 6.07 Å². The van der Waals surface area contributed by atoms with Gasteiger partial charge in [0.1, 0.15) is 5.75 Å². The van der Waals surface area contributed by atoms with Gasteiger partial charge in [-0.3, -0.25) is 4.90 Å². The molecule has 19 heavy (non-hydrogen) atoms. The number of fused-ring (bicyclic) bond motifs is 1. The number of alkyl halides is 2. The van der Waals surface area contributed by atoms with Crippen LogP contribution in [0.25, 0.3) is 0 Å². The van der Waals surface area contributed by atoms with Gasteiger partial charge >= 0.3 is 6.61 Å². The van der Waals surface area contributed by atoms with Crippen LogP contribution in [0.2, 0.25) is 0 Å². The van der Waals surface area contributed by atoms with Gasteiger partial charge in [-0.1, -0.05) is 12.1 Å². The molecule has 2 heterocycles. The van der Waals surface area contributed by atoms with E-state index in [0.717, 1.165) is 19.5 Å². The average Bonchev–Trinajstić information content (AvgIpc) is 2.96. The summed E-state index contributed by atoms with van der Waals surface area (Å²) in [4.78, 5) is 2.48. The Kier molecular flexibility index (Phi) is 3.55. The van der Waals surface area contributed by atoms with Crippen LogP contribution in [-0.2, 0) is 0 Å². The lowest BCUT2D eigenvalue weighted by Gasteiger charge is -2.23. The Morgan fingerprint density at radius 1 is 1.21 bits per heavy atom. The van der Waals surface area contributed by atoms with Crippen LogP contribution < -0.4 is 10.1 Å². The highest BCUT2D eigenvalue weighted by Gasteiger charge is 2.37. The highest BCUT2D eigenvalue weighted by Crippen LogP contribution is 2.33. The number of nitrogens with one attached hydrogen (secondary N) is 1. The van der Waals surface area contributed by atoms with E-state index in [1.54, 1.807) is 18.2 Å². The van der Waals surface area contributed by atoms with E-state index in [1.165, 1.54) is 12.8 Å². The lowest BCUT2D eigenvalue weighted by atomic mass is 10.1. The highest BCUT2D eigenvalue weighted by molar-refractivity contribution is 5.57. The van der Waals surface area contributed by atoms with Gasteiger partial charge in [0.05, 0.1) is 5.69 Å². The second-order valence-electron chi connectivity index (χ2n) is 5.16. The summed E-state index contributed by atoms with van der Waals surface area (Å²) in [7, 11) is 0. The molecule has 0 aliphatic carbocycles. The first-order valence-corrected chi connectivity index (χ1v) is 6.78. The van der Waals surface area contributed by atoms with Gasteiger partial charge in [0.2, 0.25) is 0 Å². The smallest absolute Gasteiger partial charge is 0.387 e. The molecule has 0 spiro atoms. The van der Waals surface area contributed by atoms with E-state index in [2.05, 4.69) is 15.0 Å². The maximum Gasteiger partial charge on any atom is 0.387 e. The molecule has 2 aliphatic heterocycles. The van der Waals surface area contributed by atoms with Crippen LogP contribution in [0, 0.1) is 0 Å². The second-order valence-corrected chi connectivity index (χ2v) is 5.16. The van der Waals surface area contributed by atoms with Crippen molar-refractivity contribution in [1.82, 2.24) is 4.90 Å². The minimum absolute atomic E-state index is 0.231. The van der Waals surface area contributed by atoms with Crippen LogP contribution in [-0.4, -0.2) is 36.7 Å². The van der Waals surface area contributed by atoms with E-state index in [4.69, 9.17) is 0 Å². The van der Waals surface area contributed by atoms with E-state index in [9.17, 15) is 8.78 Å². The molecule has 2 fully saturated rings. The van der Waals surface area contributed by atoms with Crippen molar-refractivity contribution < 1.29 is 13.5 Å². The maximum atomic E-state index is 12.4. The van der Waals surface area contributed by atoms with Crippen molar-refractivity contribution >= 4 is 5.69 Å². The molecule has 5 heteroatoms. The maximum absolute atomic E-state index is 12.4. The van der Waals surface area contributed by atoms with E-state index < -0.39 is 6.61 Å². The molecule has 1 aromatic rings. The van der Waals surface area contributed by atoms with Crippen molar-refractivity contribution in [3.8, 4) is 5.75 Å². The third kappa shape index (κ3) is 2.66. The summed E-state index contributed by atoms with van der Waals surface area (Å²) in [5, 5.41) is 3.39. The first-order valence-electron chi connectivity index (χ1n) is 6.78. The molecule has 0 bridgehead atoms. The van der Waals surface area contributed by atoms with E-state index in [0.29, 0.717) is 17.8 Å². The Bertz CT molecular complexity index is 441. The molecule has 104 valence electrons. The average molecular weight is 268 g/mol. The predicted molar refractivity (Wildman–Crippen MR) is 69.7 cm³/mol. The molecular weight excluding hydrogens is 250 g/mol. The zero-order valence-corrected chi connectivity index (χ0v) is 10.7. The first-order chi connectivity index (χ1) is 9.24. The summed E-state index contributed by atoms with van der Waals surface area (Å²) in [5.41, 5.74) is 0.668. The number of nitrogens with zero attached hydrogens (tertiary/aromatic N) is 1. The number of hydrogen-bond donors (Lipinski definition) is 1. The molecule has 2 unspecified atom stereocenters. The topological polar surface area (TPSA) is 24.5 Å². The number of ether oxygens (including phenoxy) is 1. The fourth-order valence-electron chi connectivity index (χ4n) is 3.24. The quantitative estimate of drug-likeness (QED) is 0.908. The molecule has 1 aromatic carbocycles. The molecule has 2 saturated heterocycles. The lowest BCUT2D eigenvalue weighted by molar-refractivity contribution is -0.0493. The van der Waals surface area contributed by atoms with Crippen molar-refractivity contribution in [3.63, 3.8) is 0 Å². The predicted octanol–water partition coefficient (Wildman–Crippen LogP) is 2.94. The zero-order valence-electron chi connectivity index (χ0n) is 10.7. The molecular formula is C14H18F2N2O. The van der Waals surface area contributed by atoms with Gasteiger partial charge in [-0.05, 0) is 37.9 Å². The van der Waals surface area contributed by atoms with Gasteiger partial charge in [0, 0.05) is 18.6 Å². The van der Waals surface area contributed by atoms with Gasteiger partial charge in [-0.15, -0.1) is 0 Å². The fraction of sp³-hybridized carbons (Fsp3) is 0.571. The number of rotatable bonds is 4. The number of halogens is 2. The third-order valence-electron chi connectivity index (χ3n) is 4.05. The van der Waals surface area contributed by atoms with Gasteiger partial charge in [0.25, 0.3) is 0 Å². The van der Waals surface area contributed by atoms with Crippen molar-refractivity contribution in [2.75, 3.05) is 18.4 Å². The standard InChI is InChI=1S/C14H18F2N2O/c15-14(16)19-13-6-2-1-4-11(13)17-10-7-9-18-8-3-5-12(10)18/h1-2,4,6,10,12,14,17H,3,5,7-9H2. The number of anilines is 1. The molecule has 0 radical (unpaired) electrons. The Morgan fingerprint density at radius 3 is 2.89 bits per heavy atom. The zero-order chi connectivity index (χ0) is 13.2. The molecule has 3 nitrogen and oxygen atoms in total. The number of para-hydroxylation sites is 2. The van der Waals surface area contributed by atoms with Crippen LogP contribution >= 0.6 is 0 Å². The third-order valence-corrected chi connectivity index (χ3v) is 4.05. The normalized spacial score (nSPS) is 26.7. The van der Waals surface area contributed by atoms with Gasteiger partial charge in [-0.25, -0.2) is 0 Å². The lowest BCUT2D eigenvalue weighted by Crippen LogP contribution is -2.33. The molecule has 0 aromatic heterocycles. The van der Waals surface area contributed by atoms with E-state index in [-0.39, 0.29) is 5.75 Å². The van der Waals surface area contributed by atoms with Crippen LogP contribution in [0.15, 0.2) is 24.3 Å². The summed E-state index contributed by atoms with van der Waals surface area (Å²) in [6.07, 6.45) is 3.49. The minimum Gasteiger partial charge on any atom is -0.433 e. The van der Waals surface area contributed by atoms with Crippen molar-refractivity contribution in [2.24, 2.45) is 0 Å². The minimum atomic E-state index is -2.78. The summed E-state index contributed by atoms with van der Waals surface area (Å²) in [6.45, 7) is -0.521. The van der Waals surface area contributed by atoms with Gasteiger partial charge < -0.3 is 10.1 Å². The molecule has 0 amide bonds. The van der Waals surface area contributed by atoms with Gasteiger partial charge in [-0.2, -0.15) is 8.78 Å². The van der Waals surface area contributed by atoms with Crippen LogP contribution in [0.5, 0.6) is 5.75 Å². The largest absolute Gasteiger partial charge is 0.433 e. The Balaban J connectivity index is 1.72. The van der Waals surface area contributed by atoms with Crippen LogP contribution in [0.4, 0.5) is 14.5 Å². The van der Waals surface area contributed by atoms with E-state index >= 15 is 0 Å². The number of hydrogen-bond acceptors (Lipinski definition) is 3. The van der Waals surface area contributed by atoms with Gasteiger partial charge in [0.15, 0.2) is 0 Å². The van der Waals surface area contributed by atoms with Crippen LogP contribution in [0.1, 0.15) is 19.3 Å². The monoisotopic (exact) mass is 268 g/mol. The first kappa shape index (κ1) is 12.7. The SMILES string of the molecule is FC(F)Oc1ccccc1NC1CCN2CCCC12. The van der Waals surface area contributed by atoms with Crippen molar-refractivity contribution in [1.29, 1.82) is 0 Å². The molecule has 2 aliphatic rings. The second kappa shape index (κ2) is 5.33. The Hall–Kier alpha value is -1.36. The van der Waals surface area contributed by atoms with Crippen LogP contribution in [0.3, 0.4) is 0 Å². The summed E-state index contributed by atoms with van der Waals surface area (Å²) in [6, 6.07) is 7.80. The Morgan fingerprint density at radius 2 is 2.05 bits per heavy atom. The molecule has 2 atom stereocenters. The summed E-state index contributed by atoms with van der Waals surface area (Å²) in [5.74, 6) is 0.231. The summed E-state index contributed by atoms with van der Waals surface area (Å²) >= 11 is 0. The Labute approximate surface area is 111 Å². The highest BCUT2D eigenvalue weighted by atomic mass is 19.3.